The largest absolute Gasteiger partial charge is 0.432 e. The number of nitrogens with zero attached hydrogens (tertiary/aromatic N) is 1. The molecule has 2 aromatic rings. The van der Waals surface area contributed by atoms with E-state index in [2.05, 4.69) is 12.6 Å². The molecule has 3 rings (SSSR count). The SMILES string of the molecule is C[C@@H](C(=O)[N+]1=C(S)OC[C@@H]1c1ccccc1)c1ccccc1. The van der Waals surface area contributed by atoms with Crippen molar-refractivity contribution in [3.05, 3.63) is 71.8 Å². The van der Waals surface area contributed by atoms with Gasteiger partial charge in [0, 0.05) is 5.56 Å². The van der Waals surface area contributed by atoms with E-state index < -0.39 is 0 Å². The minimum atomic E-state index is -0.240. The molecule has 0 N–H and O–H groups in total. The summed E-state index contributed by atoms with van der Waals surface area (Å²) in [6.07, 6.45) is 0. The van der Waals surface area contributed by atoms with E-state index in [4.69, 9.17) is 4.74 Å². The van der Waals surface area contributed by atoms with Gasteiger partial charge in [0.2, 0.25) is 6.04 Å². The van der Waals surface area contributed by atoms with E-state index in [-0.39, 0.29) is 17.9 Å². The first-order valence-electron chi connectivity index (χ1n) is 7.30. The Morgan fingerprint density at radius 1 is 1.14 bits per heavy atom. The van der Waals surface area contributed by atoms with Crippen molar-refractivity contribution in [3.63, 3.8) is 0 Å². The first-order chi connectivity index (χ1) is 10.7. The zero-order valence-electron chi connectivity index (χ0n) is 12.3. The molecule has 3 nitrogen and oxygen atoms in total. The average Bonchev–Trinajstić information content (AvgIpc) is 2.96. The molecule has 0 aromatic heterocycles. The lowest BCUT2D eigenvalue weighted by Gasteiger charge is -2.11. The van der Waals surface area contributed by atoms with Crippen LogP contribution in [0.5, 0.6) is 0 Å². The van der Waals surface area contributed by atoms with Crippen LogP contribution in [0.25, 0.3) is 0 Å². The highest BCUT2D eigenvalue weighted by atomic mass is 32.1. The molecule has 0 unspecified atom stereocenters. The Bertz CT molecular complexity index is 698. The molecular formula is C18H18NO2S+. The number of ether oxygens (including phenoxy) is 1. The van der Waals surface area contributed by atoms with Crippen LogP contribution in [0, 0.1) is 0 Å². The van der Waals surface area contributed by atoms with Gasteiger partial charge >= 0.3 is 11.1 Å². The Kier molecular flexibility index (Phi) is 4.29. The van der Waals surface area contributed by atoms with Gasteiger partial charge in [0.05, 0.1) is 0 Å². The summed E-state index contributed by atoms with van der Waals surface area (Å²) in [7, 11) is 0. The molecule has 1 heterocycles. The summed E-state index contributed by atoms with van der Waals surface area (Å²) in [6, 6.07) is 19.6. The van der Waals surface area contributed by atoms with Gasteiger partial charge in [-0.2, -0.15) is 0 Å². The van der Waals surface area contributed by atoms with Crippen LogP contribution in [0.3, 0.4) is 0 Å². The van der Waals surface area contributed by atoms with Gasteiger partial charge < -0.3 is 4.74 Å². The molecule has 0 spiro atoms. The van der Waals surface area contributed by atoms with Crippen LogP contribution >= 0.6 is 12.6 Å². The first-order valence-corrected chi connectivity index (χ1v) is 7.75. The second-order valence-corrected chi connectivity index (χ2v) is 5.74. The van der Waals surface area contributed by atoms with Crippen molar-refractivity contribution >= 4 is 23.8 Å². The minimum Gasteiger partial charge on any atom is -0.432 e. The van der Waals surface area contributed by atoms with Crippen LogP contribution in [-0.4, -0.2) is 22.3 Å². The number of hydrogen-bond acceptors (Lipinski definition) is 2. The van der Waals surface area contributed by atoms with Crippen LogP contribution in [-0.2, 0) is 9.53 Å². The fraction of sp³-hybridized carbons (Fsp3) is 0.222. The lowest BCUT2D eigenvalue weighted by atomic mass is 9.99. The van der Waals surface area contributed by atoms with E-state index >= 15 is 0 Å². The second-order valence-electron chi connectivity index (χ2n) is 5.36. The first kappa shape index (κ1) is 14.9. The second kappa shape index (κ2) is 6.36. The maximum atomic E-state index is 12.9. The molecule has 0 bridgehead atoms. The zero-order chi connectivity index (χ0) is 15.5. The zero-order valence-corrected chi connectivity index (χ0v) is 13.2. The van der Waals surface area contributed by atoms with E-state index in [0.29, 0.717) is 11.8 Å². The summed E-state index contributed by atoms with van der Waals surface area (Å²) in [6.45, 7) is 2.36. The summed E-state index contributed by atoms with van der Waals surface area (Å²) in [5.41, 5.74) is 2.05. The van der Waals surface area contributed by atoms with E-state index in [1.165, 1.54) is 0 Å². The molecule has 0 aliphatic carbocycles. The van der Waals surface area contributed by atoms with E-state index in [0.717, 1.165) is 11.1 Å². The van der Waals surface area contributed by atoms with Crippen molar-refractivity contribution in [1.82, 2.24) is 0 Å². The summed E-state index contributed by atoms with van der Waals surface area (Å²) in [4.78, 5) is 12.9. The molecule has 0 saturated carbocycles. The Balaban J connectivity index is 1.91. The predicted molar refractivity (Wildman–Crippen MR) is 89.3 cm³/mol. The van der Waals surface area contributed by atoms with Gasteiger partial charge in [-0.05, 0) is 25.1 Å². The van der Waals surface area contributed by atoms with Crippen molar-refractivity contribution in [1.29, 1.82) is 0 Å². The monoisotopic (exact) mass is 312 g/mol. The number of carbonyl (C=O) groups is 1. The molecule has 0 fully saturated rings. The summed E-state index contributed by atoms with van der Waals surface area (Å²) < 4.78 is 7.19. The van der Waals surface area contributed by atoms with Crippen LogP contribution in [0.15, 0.2) is 60.7 Å². The molecule has 2 aromatic carbocycles. The smallest absolute Gasteiger partial charge is 0.406 e. The van der Waals surface area contributed by atoms with Crippen LogP contribution in [0.4, 0.5) is 0 Å². The van der Waals surface area contributed by atoms with Crippen molar-refractivity contribution in [2.75, 3.05) is 6.61 Å². The predicted octanol–water partition coefficient (Wildman–Crippen LogP) is 3.39. The van der Waals surface area contributed by atoms with Crippen LogP contribution in [0.1, 0.15) is 30.0 Å². The summed E-state index contributed by atoms with van der Waals surface area (Å²) in [5, 5.41) is 0.377. The van der Waals surface area contributed by atoms with Crippen molar-refractivity contribution in [2.24, 2.45) is 0 Å². The molecule has 22 heavy (non-hydrogen) atoms. The summed E-state index contributed by atoms with van der Waals surface area (Å²) in [5.74, 6) is -0.237. The molecule has 0 saturated heterocycles. The fourth-order valence-corrected chi connectivity index (χ4v) is 3.00. The van der Waals surface area contributed by atoms with Gasteiger partial charge in [-0.15, -0.1) is 4.58 Å². The fourth-order valence-electron chi connectivity index (χ4n) is 2.69. The normalized spacial score (nSPS) is 18.9. The average molecular weight is 312 g/mol. The lowest BCUT2D eigenvalue weighted by molar-refractivity contribution is -0.482. The van der Waals surface area contributed by atoms with Gasteiger partial charge in [0.25, 0.3) is 0 Å². The van der Waals surface area contributed by atoms with E-state index in [9.17, 15) is 4.79 Å². The van der Waals surface area contributed by atoms with Gasteiger partial charge in [0.1, 0.15) is 5.92 Å². The Morgan fingerprint density at radius 3 is 2.36 bits per heavy atom. The molecule has 2 atom stereocenters. The molecule has 112 valence electrons. The van der Waals surface area contributed by atoms with Gasteiger partial charge in [-0.1, -0.05) is 60.7 Å². The number of amides is 1. The Morgan fingerprint density at radius 2 is 1.73 bits per heavy atom. The van der Waals surface area contributed by atoms with Crippen molar-refractivity contribution < 1.29 is 14.1 Å². The molecule has 0 radical (unpaired) electrons. The third kappa shape index (κ3) is 2.79. The highest BCUT2D eigenvalue weighted by Crippen LogP contribution is 2.27. The van der Waals surface area contributed by atoms with Crippen molar-refractivity contribution in [2.45, 2.75) is 18.9 Å². The highest BCUT2D eigenvalue weighted by Gasteiger charge is 2.42. The molecule has 1 aliphatic heterocycles. The van der Waals surface area contributed by atoms with Gasteiger partial charge in [-0.25, -0.2) is 4.79 Å². The lowest BCUT2D eigenvalue weighted by Crippen LogP contribution is -2.29. The molecule has 4 heteroatoms. The highest BCUT2D eigenvalue weighted by molar-refractivity contribution is 7.96. The number of rotatable bonds is 3. The van der Waals surface area contributed by atoms with E-state index in [1.54, 1.807) is 4.58 Å². The molecular weight excluding hydrogens is 294 g/mol. The third-order valence-electron chi connectivity index (χ3n) is 3.98. The number of carbonyl (C=O) groups excluding carboxylic acids is 1. The third-order valence-corrected chi connectivity index (χ3v) is 4.32. The summed E-state index contributed by atoms with van der Waals surface area (Å²) >= 11 is 4.34. The van der Waals surface area contributed by atoms with Crippen LogP contribution < -0.4 is 0 Å². The maximum absolute atomic E-state index is 12.9. The Hall–Kier alpha value is -2.07. The number of thiol groups is 1. The van der Waals surface area contributed by atoms with Crippen LogP contribution in [0.2, 0.25) is 0 Å². The number of benzene rings is 2. The molecule has 1 amide bonds. The van der Waals surface area contributed by atoms with Gasteiger partial charge in [-0.3, -0.25) is 0 Å². The topological polar surface area (TPSA) is 29.3 Å². The Labute approximate surface area is 135 Å². The minimum absolute atomic E-state index is 0.00236. The van der Waals surface area contributed by atoms with E-state index in [1.807, 2.05) is 67.6 Å². The standard InChI is InChI=1S/C18H17NO2S/c1-13(14-8-4-2-5-9-14)17(20)19-16(12-21-18(19)22)15-10-6-3-7-11-15/h2-11,13,16H,12H2,1H3/p+1/t13-,16-/m1/s1. The number of hydrogen-bond donors (Lipinski definition) is 1. The van der Waals surface area contributed by atoms with Gasteiger partial charge in [0.15, 0.2) is 6.61 Å². The quantitative estimate of drug-likeness (QED) is 0.695. The van der Waals surface area contributed by atoms with Crippen molar-refractivity contribution in [3.8, 4) is 0 Å². The molecule has 1 aliphatic rings. The maximum Gasteiger partial charge on any atom is 0.406 e.